The summed E-state index contributed by atoms with van der Waals surface area (Å²) in [5, 5.41) is 0.928. The minimum Gasteiger partial charge on any atom is -0.497 e. The molecule has 0 atom stereocenters. The molecule has 4 heteroatoms. The number of Topliss-reactive ketones (excluding diaryl/α,β-unsaturated/α-hetero) is 1. The van der Waals surface area contributed by atoms with E-state index in [1.165, 1.54) is 11.1 Å². The molecule has 1 aromatic heterocycles. The average molecular weight is 320 g/mol. The minimum absolute atomic E-state index is 0.147. The van der Waals surface area contributed by atoms with Crippen LogP contribution in [0.2, 0.25) is 0 Å². The fourth-order valence-electron chi connectivity index (χ4n) is 3.43. The summed E-state index contributed by atoms with van der Waals surface area (Å²) in [4.78, 5) is 18.2. The van der Waals surface area contributed by atoms with Gasteiger partial charge >= 0.3 is 0 Å². The van der Waals surface area contributed by atoms with Crippen LogP contribution < -0.4 is 4.74 Å². The number of ether oxygens (including phenoxy) is 1. The molecule has 122 valence electrons. The number of benzene rings is 2. The number of ketones is 1. The molecule has 1 aliphatic rings. The monoisotopic (exact) mass is 320 g/mol. The summed E-state index contributed by atoms with van der Waals surface area (Å²) in [7, 11) is 1.64. The predicted octanol–water partition coefficient (Wildman–Crippen LogP) is 3.42. The molecule has 0 unspecified atom stereocenters. The minimum atomic E-state index is 0.147. The first-order chi connectivity index (χ1) is 11.7. The second-order valence-corrected chi connectivity index (χ2v) is 6.27. The van der Waals surface area contributed by atoms with E-state index in [4.69, 9.17) is 4.74 Å². The van der Waals surface area contributed by atoms with E-state index in [1.54, 1.807) is 7.11 Å². The van der Waals surface area contributed by atoms with Crippen LogP contribution in [0, 0.1) is 0 Å². The second-order valence-electron chi connectivity index (χ2n) is 6.27. The maximum Gasteiger partial charge on any atom is 0.178 e. The van der Waals surface area contributed by atoms with Gasteiger partial charge in [0.05, 0.1) is 13.7 Å². The van der Waals surface area contributed by atoms with Gasteiger partial charge in [-0.1, -0.05) is 24.3 Å². The Kier molecular flexibility index (Phi) is 3.82. The highest BCUT2D eigenvalue weighted by atomic mass is 16.5. The largest absolute Gasteiger partial charge is 0.497 e. The van der Waals surface area contributed by atoms with Crippen LogP contribution in [0.5, 0.6) is 5.75 Å². The van der Waals surface area contributed by atoms with Crippen molar-refractivity contribution in [3.05, 3.63) is 65.4 Å². The van der Waals surface area contributed by atoms with Gasteiger partial charge in [0.1, 0.15) is 5.75 Å². The summed E-state index contributed by atoms with van der Waals surface area (Å²) in [6.07, 6.45) is 2.81. The molecule has 0 bridgehead atoms. The van der Waals surface area contributed by atoms with E-state index in [0.29, 0.717) is 6.54 Å². The first-order valence-corrected chi connectivity index (χ1v) is 8.22. The Morgan fingerprint density at radius 3 is 2.88 bits per heavy atom. The van der Waals surface area contributed by atoms with E-state index in [-0.39, 0.29) is 5.78 Å². The highest BCUT2D eigenvalue weighted by Gasteiger charge is 2.20. The number of nitrogens with zero attached hydrogens (tertiary/aromatic N) is 1. The van der Waals surface area contributed by atoms with Gasteiger partial charge < -0.3 is 9.72 Å². The lowest BCUT2D eigenvalue weighted by atomic mass is 9.99. The van der Waals surface area contributed by atoms with Crippen molar-refractivity contribution < 1.29 is 9.53 Å². The number of H-pyrrole nitrogens is 1. The molecule has 0 radical (unpaired) electrons. The number of hydrogen-bond donors (Lipinski definition) is 1. The zero-order chi connectivity index (χ0) is 16.5. The number of carbonyl (C=O) groups is 1. The van der Waals surface area contributed by atoms with Gasteiger partial charge in [0.2, 0.25) is 0 Å². The molecular weight excluding hydrogens is 300 g/mol. The maximum absolute atomic E-state index is 12.8. The SMILES string of the molecule is COc1ccc2[nH]cc(C(=O)CN3CCc4ccccc4C3)c2c1. The fraction of sp³-hybridized carbons (Fsp3) is 0.250. The third-order valence-corrected chi connectivity index (χ3v) is 4.77. The molecule has 0 saturated carbocycles. The Morgan fingerprint density at radius 2 is 2.04 bits per heavy atom. The molecular formula is C20H20N2O2. The van der Waals surface area contributed by atoms with E-state index in [9.17, 15) is 4.79 Å². The third-order valence-electron chi connectivity index (χ3n) is 4.77. The van der Waals surface area contributed by atoms with Crippen LogP contribution in [0.4, 0.5) is 0 Å². The van der Waals surface area contributed by atoms with Crippen molar-refractivity contribution in [2.75, 3.05) is 20.2 Å². The molecule has 24 heavy (non-hydrogen) atoms. The van der Waals surface area contributed by atoms with Crippen molar-refractivity contribution in [2.24, 2.45) is 0 Å². The lowest BCUT2D eigenvalue weighted by Crippen LogP contribution is -2.34. The topological polar surface area (TPSA) is 45.3 Å². The molecule has 0 saturated heterocycles. The van der Waals surface area contributed by atoms with Crippen molar-refractivity contribution in [3.8, 4) is 5.75 Å². The van der Waals surface area contributed by atoms with Crippen molar-refractivity contribution in [2.45, 2.75) is 13.0 Å². The van der Waals surface area contributed by atoms with Crippen molar-refractivity contribution in [3.63, 3.8) is 0 Å². The van der Waals surface area contributed by atoms with Crippen molar-refractivity contribution in [1.82, 2.24) is 9.88 Å². The smallest absolute Gasteiger partial charge is 0.178 e. The molecule has 1 aliphatic heterocycles. The molecule has 2 heterocycles. The third kappa shape index (κ3) is 2.69. The molecule has 4 nitrogen and oxygen atoms in total. The van der Waals surface area contributed by atoms with E-state index in [2.05, 4.69) is 34.1 Å². The van der Waals surface area contributed by atoms with E-state index in [0.717, 1.165) is 41.7 Å². The molecule has 0 spiro atoms. The van der Waals surface area contributed by atoms with Gasteiger partial charge in [-0.25, -0.2) is 0 Å². The number of aromatic amines is 1. The lowest BCUT2D eigenvalue weighted by molar-refractivity contribution is 0.0923. The zero-order valence-electron chi connectivity index (χ0n) is 13.7. The summed E-state index contributed by atoms with van der Waals surface area (Å²) in [6.45, 7) is 2.21. The summed E-state index contributed by atoms with van der Waals surface area (Å²) in [5.74, 6) is 0.914. The highest BCUT2D eigenvalue weighted by Crippen LogP contribution is 2.25. The number of fused-ring (bicyclic) bond motifs is 2. The summed E-state index contributed by atoms with van der Waals surface area (Å²) >= 11 is 0. The highest BCUT2D eigenvalue weighted by molar-refractivity contribution is 6.09. The fourth-order valence-corrected chi connectivity index (χ4v) is 3.43. The summed E-state index contributed by atoms with van der Waals surface area (Å²) in [5.41, 5.74) is 4.43. The zero-order valence-corrected chi connectivity index (χ0v) is 13.7. The van der Waals surface area contributed by atoms with Crippen LogP contribution in [0.25, 0.3) is 10.9 Å². The molecule has 0 amide bonds. The van der Waals surface area contributed by atoms with Crippen LogP contribution in [0.3, 0.4) is 0 Å². The van der Waals surface area contributed by atoms with Gasteiger partial charge in [0.15, 0.2) is 5.78 Å². The van der Waals surface area contributed by atoms with Gasteiger partial charge in [-0.2, -0.15) is 0 Å². The predicted molar refractivity (Wildman–Crippen MR) is 94.6 cm³/mol. The molecule has 0 aliphatic carbocycles. The Bertz CT molecular complexity index is 898. The number of rotatable bonds is 4. The number of carbonyl (C=O) groups excluding carboxylic acids is 1. The normalized spacial score (nSPS) is 14.5. The first-order valence-electron chi connectivity index (χ1n) is 8.22. The van der Waals surface area contributed by atoms with E-state index < -0.39 is 0 Å². The molecule has 0 fully saturated rings. The van der Waals surface area contributed by atoms with Gasteiger partial charge in [-0.05, 0) is 35.7 Å². The van der Waals surface area contributed by atoms with Crippen molar-refractivity contribution >= 4 is 16.7 Å². The number of hydrogen-bond acceptors (Lipinski definition) is 3. The summed E-state index contributed by atoms with van der Waals surface area (Å²) < 4.78 is 5.28. The Morgan fingerprint density at radius 1 is 1.21 bits per heavy atom. The Hall–Kier alpha value is -2.59. The van der Waals surface area contributed by atoms with Gasteiger partial charge in [-0.15, -0.1) is 0 Å². The van der Waals surface area contributed by atoms with Crippen LogP contribution in [0.1, 0.15) is 21.5 Å². The Labute approximate surface area is 141 Å². The van der Waals surface area contributed by atoms with Crippen molar-refractivity contribution in [1.29, 1.82) is 0 Å². The average Bonchev–Trinajstić information content (AvgIpc) is 3.04. The number of methoxy groups -OCH3 is 1. The first kappa shape index (κ1) is 15.0. The van der Waals surface area contributed by atoms with Gasteiger partial charge in [0, 0.05) is 35.8 Å². The van der Waals surface area contributed by atoms with Gasteiger partial charge in [-0.3, -0.25) is 9.69 Å². The Balaban J connectivity index is 1.55. The summed E-state index contributed by atoms with van der Waals surface area (Å²) in [6, 6.07) is 14.2. The standard InChI is InChI=1S/C20H20N2O2/c1-24-16-6-7-19-17(10-16)18(11-21-19)20(23)13-22-9-8-14-4-2-3-5-15(14)12-22/h2-7,10-11,21H,8-9,12-13H2,1H3. The molecule has 3 aromatic rings. The number of nitrogens with one attached hydrogen (secondary N) is 1. The quantitative estimate of drug-likeness (QED) is 0.749. The van der Waals surface area contributed by atoms with E-state index >= 15 is 0 Å². The maximum atomic E-state index is 12.8. The van der Waals surface area contributed by atoms with Crippen LogP contribution in [0.15, 0.2) is 48.7 Å². The number of aromatic nitrogens is 1. The van der Waals surface area contributed by atoms with Gasteiger partial charge in [0.25, 0.3) is 0 Å². The van der Waals surface area contributed by atoms with E-state index in [1.807, 2.05) is 24.4 Å². The molecule has 2 aromatic carbocycles. The lowest BCUT2D eigenvalue weighted by Gasteiger charge is -2.27. The molecule has 4 rings (SSSR count). The van der Waals surface area contributed by atoms with Crippen LogP contribution in [-0.2, 0) is 13.0 Å². The van der Waals surface area contributed by atoms with Crippen LogP contribution >= 0.6 is 0 Å². The molecule has 1 N–H and O–H groups in total. The van der Waals surface area contributed by atoms with Crippen LogP contribution in [-0.4, -0.2) is 35.9 Å². The second kappa shape index (κ2) is 6.13.